The minimum atomic E-state index is -0.210. The summed E-state index contributed by atoms with van der Waals surface area (Å²) < 4.78 is 6.44. The summed E-state index contributed by atoms with van der Waals surface area (Å²) in [5, 5.41) is 3.19. The summed E-state index contributed by atoms with van der Waals surface area (Å²) in [5.41, 5.74) is 1.01. The third-order valence-electron chi connectivity index (χ3n) is 4.85. The molecule has 0 atom stereocenters. The normalized spacial score (nSPS) is 16.4. The van der Waals surface area contributed by atoms with E-state index < -0.39 is 0 Å². The molecule has 1 amide bonds. The molecule has 1 aromatic rings. The van der Waals surface area contributed by atoms with Crippen molar-refractivity contribution in [2.24, 2.45) is 5.92 Å². The fourth-order valence-corrected chi connectivity index (χ4v) is 3.52. The highest BCUT2D eigenvalue weighted by Gasteiger charge is 2.31. The molecule has 0 spiro atoms. The molecular formula is C20H31BrN2O2. The van der Waals surface area contributed by atoms with Crippen molar-refractivity contribution in [2.75, 3.05) is 26.3 Å². The monoisotopic (exact) mass is 410 g/mol. The van der Waals surface area contributed by atoms with E-state index in [1.54, 1.807) is 0 Å². The van der Waals surface area contributed by atoms with Crippen LogP contribution in [0.15, 0.2) is 28.7 Å². The van der Waals surface area contributed by atoms with Gasteiger partial charge in [-0.05, 0) is 50.3 Å². The Hall–Kier alpha value is -0.910. The molecule has 4 nitrogen and oxygen atoms in total. The molecule has 0 saturated carbocycles. The summed E-state index contributed by atoms with van der Waals surface area (Å²) in [6, 6.07) is 8.64. The van der Waals surface area contributed by atoms with E-state index in [1.165, 1.54) is 5.56 Å². The van der Waals surface area contributed by atoms with Crippen LogP contribution in [0.4, 0.5) is 0 Å². The molecule has 1 fully saturated rings. The Kier molecular flexibility index (Phi) is 7.47. The third kappa shape index (κ3) is 6.08. The van der Waals surface area contributed by atoms with Gasteiger partial charge in [0, 0.05) is 35.8 Å². The van der Waals surface area contributed by atoms with Gasteiger partial charge < -0.3 is 10.1 Å². The number of nitrogens with zero attached hydrogens (tertiary/aromatic N) is 1. The zero-order chi connectivity index (χ0) is 18.4. The van der Waals surface area contributed by atoms with Crippen LogP contribution in [-0.2, 0) is 15.1 Å². The van der Waals surface area contributed by atoms with Gasteiger partial charge in [0.05, 0.1) is 6.54 Å². The molecule has 1 saturated heterocycles. The van der Waals surface area contributed by atoms with Crippen molar-refractivity contribution >= 4 is 21.8 Å². The number of hydrogen-bond acceptors (Lipinski definition) is 3. The predicted octanol–water partition coefficient (Wildman–Crippen LogP) is 3.94. The first kappa shape index (κ1) is 20.4. The average molecular weight is 411 g/mol. The second kappa shape index (κ2) is 9.15. The summed E-state index contributed by atoms with van der Waals surface area (Å²) >= 11 is 3.50. The molecule has 140 valence electrons. The van der Waals surface area contributed by atoms with E-state index in [0.717, 1.165) is 37.1 Å². The number of nitrogens with one attached hydrogen (secondary N) is 1. The zero-order valence-electron chi connectivity index (χ0n) is 15.8. The van der Waals surface area contributed by atoms with Gasteiger partial charge in [0.1, 0.15) is 0 Å². The zero-order valence-corrected chi connectivity index (χ0v) is 17.4. The lowest BCUT2D eigenvalue weighted by atomic mass is 9.91. The highest BCUT2D eigenvalue weighted by atomic mass is 79.9. The molecule has 1 aliphatic heterocycles. The van der Waals surface area contributed by atoms with Crippen molar-refractivity contribution in [3.8, 4) is 0 Å². The van der Waals surface area contributed by atoms with Crippen molar-refractivity contribution in [3.63, 3.8) is 0 Å². The van der Waals surface area contributed by atoms with Crippen LogP contribution in [0.5, 0.6) is 0 Å². The number of rotatable bonds is 7. The van der Waals surface area contributed by atoms with Crippen molar-refractivity contribution in [3.05, 3.63) is 34.3 Å². The van der Waals surface area contributed by atoms with E-state index >= 15 is 0 Å². The van der Waals surface area contributed by atoms with Gasteiger partial charge in [-0.2, -0.15) is 0 Å². The van der Waals surface area contributed by atoms with Crippen LogP contribution < -0.4 is 5.32 Å². The number of halogens is 1. The molecule has 0 radical (unpaired) electrons. The summed E-state index contributed by atoms with van der Waals surface area (Å²) in [5.74, 6) is 0.600. The Bertz CT molecular complexity index is 551. The number of carbonyl (C=O) groups is 1. The second-order valence-corrected chi connectivity index (χ2v) is 8.71. The highest BCUT2D eigenvalue weighted by Crippen LogP contribution is 2.29. The molecule has 1 heterocycles. The molecule has 0 aliphatic carbocycles. The van der Waals surface area contributed by atoms with Gasteiger partial charge in [-0.15, -0.1) is 0 Å². The van der Waals surface area contributed by atoms with Crippen LogP contribution >= 0.6 is 15.9 Å². The van der Waals surface area contributed by atoms with E-state index in [9.17, 15) is 4.79 Å². The van der Waals surface area contributed by atoms with Crippen molar-refractivity contribution < 1.29 is 9.53 Å². The number of hydrogen-bond donors (Lipinski definition) is 1. The first-order valence-electron chi connectivity index (χ1n) is 9.17. The molecule has 1 N–H and O–H groups in total. The number of benzene rings is 1. The molecule has 25 heavy (non-hydrogen) atoms. The lowest BCUT2D eigenvalue weighted by molar-refractivity contribution is -0.125. The fourth-order valence-electron chi connectivity index (χ4n) is 3.26. The van der Waals surface area contributed by atoms with Crippen molar-refractivity contribution in [1.82, 2.24) is 10.2 Å². The van der Waals surface area contributed by atoms with Crippen LogP contribution in [0.3, 0.4) is 0 Å². The SMILES string of the molecule is CC(C)CN(CC(=O)NC1CCOCC1)C(C)(C)c1ccc(Br)cc1. The molecule has 1 aromatic carbocycles. The van der Waals surface area contributed by atoms with Gasteiger partial charge in [0.15, 0.2) is 0 Å². The Balaban J connectivity index is 2.08. The van der Waals surface area contributed by atoms with E-state index in [-0.39, 0.29) is 17.5 Å². The van der Waals surface area contributed by atoms with Crippen molar-refractivity contribution in [2.45, 2.75) is 52.1 Å². The summed E-state index contributed by atoms with van der Waals surface area (Å²) in [7, 11) is 0. The molecule has 1 aliphatic rings. The second-order valence-electron chi connectivity index (χ2n) is 7.79. The molecule has 2 rings (SSSR count). The Morgan fingerprint density at radius 3 is 2.44 bits per heavy atom. The van der Waals surface area contributed by atoms with E-state index in [1.807, 2.05) is 0 Å². The largest absolute Gasteiger partial charge is 0.381 e. The molecule has 0 bridgehead atoms. The molecule has 0 aromatic heterocycles. The first-order valence-corrected chi connectivity index (χ1v) is 9.96. The van der Waals surface area contributed by atoms with E-state index in [4.69, 9.17) is 4.74 Å². The van der Waals surface area contributed by atoms with Crippen LogP contribution in [0, 0.1) is 5.92 Å². The summed E-state index contributed by atoms with van der Waals surface area (Å²) in [4.78, 5) is 14.9. The van der Waals surface area contributed by atoms with Crippen LogP contribution in [-0.4, -0.2) is 43.2 Å². The van der Waals surface area contributed by atoms with Gasteiger partial charge in [-0.25, -0.2) is 0 Å². The maximum Gasteiger partial charge on any atom is 0.234 e. The minimum absolute atomic E-state index is 0.109. The van der Waals surface area contributed by atoms with E-state index in [2.05, 4.69) is 78.1 Å². The Labute approximate surface area is 160 Å². The Morgan fingerprint density at radius 1 is 1.28 bits per heavy atom. The first-order chi connectivity index (χ1) is 11.8. The number of carbonyl (C=O) groups excluding carboxylic acids is 1. The van der Waals surface area contributed by atoms with Gasteiger partial charge in [-0.1, -0.05) is 41.9 Å². The Morgan fingerprint density at radius 2 is 1.88 bits per heavy atom. The summed E-state index contributed by atoms with van der Waals surface area (Å²) in [6.45, 7) is 11.6. The quantitative estimate of drug-likeness (QED) is 0.739. The number of amides is 1. The van der Waals surface area contributed by atoms with E-state index in [0.29, 0.717) is 12.5 Å². The smallest absolute Gasteiger partial charge is 0.234 e. The maximum absolute atomic E-state index is 12.6. The van der Waals surface area contributed by atoms with Crippen LogP contribution in [0.2, 0.25) is 0 Å². The minimum Gasteiger partial charge on any atom is -0.381 e. The lowest BCUT2D eigenvalue weighted by Crippen LogP contribution is -2.50. The fraction of sp³-hybridized carbons (Fsp3) is 0.650. The topological polar surface area (TPSA) is 41.6 Å². The maximum atomic E-state index is 12.6. The van der Waals surface area contributed by atoms with Gasteiger partial charge in [0.25, 0.3) is 0 Å². The molecular weight excluding hydrogens is 380 g/mol. The average Bonchev–Trinajstić information content (AvgIpc) is 2.55. The molecule has 5 heteroatoms. The molecule has 0 unspecified atom stereocenters. The van der Waals surface area contributed by atoms with Crippen LogP contribution in [0.25, 0.3) is 0 Å². The van der Waals surface area contributed by atoms with Crippen LogP contribution in [0.1, 0.15) is 46.1 Å². The predicted molar refractivity (Wildman–Crippen MR) is 106 cm³/mol. The van der Waals surface area contributed by atoms with Gasteiger partial charge in [-0.3, -0.25) is 9.69 Å². The lowest BCUT2D eigenvalue weighted by Gasteiger charge is -2.40. The third-order valence-corrected chi connectivity index (χ3v) is 5.38. The number of ether oxygens (including phenoxy) is 1. The standard InChI is InChI=1S/C20H31BrN2O2/c1-15(2)13-23(14-19(24)22-18-9-11-25-12-10-18)20(3,4)16-5-7-17(21)8-6-16/h5-8,15,18H,9-14H2,1-4H3,(H,22,24). The summed E-state index contributed by atoms with van der Waals surface area (Å²) in [6.07, 6.45) is 1.82. The van der Waals surface area contributed by atoms with Crippen molar-refractivity contribution in [1.29, 1.82) is 0 Å². The van der Waals surface area contributed by atoms with Gasteiger partial charge >= 0.3 is 0 Å². The highest BCUT2D eigenvalue weighted by molar-refractivity contribution is 9.10. The van der Waals surface area contributed by atoms with Gasteiger partial charge in [0.2, 0.25) is 5.91 Å².